The number of unbranched alkanes of at least 4 members (excludes halogenated alkanes) is 3. The molecule has 0 aliphatic carbocycles. The minimum atomic E-state index is 0.184. The van der Waals surface area contributed by atoms with Gasteiger partial charge in [0.2, 0.25) is 0 Å². The van der Waals surface area contributed by atoms with Crippen LogP contribution in [0.5, 0.6) is 0 Å². The molecule has 1 aliphatic rings. The van der Waals surface area contributed by atoms with Gasteiger partial charge in [-0.15, -0.1) is 0 Å². The van der Waals surface area contributed by atoms with E-state index in [9.17, 15) is 4.79 Å². The van der Waals surface area contributed by atoms with Gasteiger partial charge >= 0.3 is 6.03 Å². The summed E-state index contributed by atoms with van der Waals surface area (Å²) in [5, 5.41) is 0. The van der Waals surface area contributed by atoms with E-state index in [4.69, 9.17) is 5.73 Å². The number of hydrogen-bond acceptors (Lipinski definition) is 2. The average molecular weight is 199 g/mol. The average Bonchev–Trinajstić information content (AvgIpc) is 2.49. The Morgan fingerprint density at radius 2 is 1.93 bits per heavy atom. The molecule has 0 saturated carbocycles. The number of carbonyl (C=O) groups is 1. The Balaban J connectivity index is 2.04. The molecule has 0 unspecified atom stereocenters. The molecule has 0 aromatic rings. The molecule has 0 radical (unpaired) electrons. The van der Waals surface area contributed by atoms with Crippen molar-refractivity contribution < 1.29 is 4.79 Å². The van der Waals surface area contributed by atoms with Crippen LogP contribution >= 0.6 is 0 Å². The van der Waals surface area contributed by atoms with Crippen molar-refractivity contribution in [3.63, 3.8) is 0 Å². The van der Waals surface area contributed by atoms with Gasteiger partial charge in [0.1, 0.15) is 0 Å². The van der Waals surface area contributed by atoms with Crippen molar-refractivity contribution in [2.45, 2.75) is 25.7 Å². The predicted octanol–water partition coefficient (Wildman–Crippen LogP) is 0.873. The molecule has 0 aromatic heterocycles. The van der Waals surface area contributed by atoms with Crippen molar-refractivity contribution >= 4 is 6.03 Å². The van der Waals surface area contributed by atoms with Crippen LogP contribution in [0.3, 0.4) is 0 Å². The molecule has 0 aromatic carbocycles. The lowest BCUT2D eigenvalue weighted by molar-refractivity contribution is 0.198. The lowest BCUT2D eigenvalue weighted by atomic mass is 10.2. The lowest BCUT2D eigenvalue weighted by Gasteiger charge is -2.15. The highest BCUT2D eigenvalue weighted by Gasteiger charge is 2.23. The smallest absolute Gasteiger partial charge is 0.319 e. The molecule has 1 saturated heterocycles. The van der Waals surface area contributed by atoms with Gasteiger partial charge in [0.05, 0.1) is 0 Å². The van der Waals surface area contributed by atoms with Crippen LogP contribution in [-0.4, -0.2) is 49.1 Å². The zero-order valence-electron chi connectivity index (χ0n) is 9.04. The Kier molecular flexibility index (Phi) is 4.73. The number of likely N-dealkylation sites (N-methyl/N-ethyl adjacent to an activating group) is 1. The second kappa shape index (κ2) is 5.86. The van der Waals surface area contributed by atoms with E-state index in [1.54, 1.807) is 4.90 Å². The monoisotopic (exact) mass is 199 g/mol. The minimum absolute atomic E-state index is 0.184. The first-order chi connectivity index (χ1) is 6.75. The highest BCUT2D eigenvalue weighted by atomic mass is 16.2. The zero-order chi connectivity index (χ0) is 10.4. The van der Waals surface area contributed by atoms with Gasteiger partial charge in [-0.3, -0.25) is 0 Å². The van der Waals surface area contributed by atoms with Gasteiger partial charge < -0.3 is 15.5 Å². The third kappa shape index (κ3) is 3.18. The molecule has 1 aliphatic heterocycles. The Labute approximate surface area is 86.0 Å². The quantitative estimate of drug-likeness (QED) is 0.645. The molecule has 14 heavy (non-hydrogen) atoms. The summed E-state index contributed by atoms with van der Waals surface area (Å²) in [5.41, 5.74) is 5.40. The molecule has 1 rings (SSSR count). The van der Waals surface area contributed by atoms with Crippen LogP contribution in [0.25, 0.3) is 0 Å². The number of nitrogens with zero attached hydrogens (tertiary/aromatic N) is 2. The van der Waals surface area contributed by atoms with Gasteiger partial charge in [0.15, 0.2) is 0 Å². The van der Waals surface area contributed by atoms with E-state index in [-0.39, 0.29) is 6.03 Å². The van der Waals surface area contributed by atoms with Gasteiger partial charge in [0, 0.05) is 26.7 Å². The predicted molar refractivity (Wildman–Crippen MR) is 57.1 cm³/mol. The summed E-state index contributed by atoms with van der Waals surface area (Å²) in [4.78, 5) is 15.2. The minimum Gasteiger partial charge on any atom is -0.330 e. The van der Waals surface area contributed by atoms with E-state index in [1.807, 2.05) is 11.9 Å². The van der Waals surface area contributed by atoms with Crippen LogP contribution in [0, 0.1) is 0 Å². The summed E-state index contributed by atoms with van der Waals surface area (Å²) in [7, 11) is 1.86. The van der Waals surface area contributed by atoms with Crippen molar-refractivity contribution in [2.75, 3.05) is 33.2 Å². The topological polar surface area (TPSA) is 49.6 Å². The summed E-state index contributed by atoms with van der Waals surface area (Å²) in [6, 6.07) is 0.184. The second-order valence-electron chi connectivity index (χ2n) is 3.89. The van der Waals surface area contributed by atoms with E-state index >= 15 is 0 Å². The first-order valence-electron chi connectivity index (χ1n) is 5.46. The van der Waals surface area contributed by atoms with E-state index in [0.29, 0.717) is 0 Å². The molecule has 1 fully saturated rings. The molecular formula is C10H21N3O. The van der Waals surface area contributed by atoms with Gasteiger partial charge in [-0.05, 0) is 19.4 Å². The third-order valence-electron chi connectivity index (χ3n) is 2.68. The Hall–Kier alpha value is -0.770. The summed E-state index contributed by atoms with van der Waals surface area (Å²) in [6.07, 6.45) is 4.59. The lowest BCUT2D eigenvalue weighted by Crippen LogP contribution is -2.30. The summed E-state index contributed by atoms with van der Waals surface area (Å²) in [5.74, 6) is 0. The third-order valence-corrected chi connectivity index (χ3v) is 2.68. The van der Waals surface area contributed by atoms with Crippen molar-refractivity contribution in [2.24, 2.45) is 5.73 Å². The zero-order valence-corrected chi connectivity index (χ0v) is 9.04. The van der Waals surface area contributed by atoms with Crippen molar-refractivity contribution in [3.05, 3.63) is 0 Å². The van der Waals surface area contributed by atoms with E-state index < -0.39 is 0 Å². The van der Waals surface area contributed by atoms with Gasteiger partial charge in [0.25, 0.3) is 0 Å². The fourth-order valence-corrected chi connectivity index (χ4v) is 1.71. The normalized spacial score (nSPS) is 16.9. The molecular weight excluding hydrogens is 178 g/mol. The maximum Gasteiger partial charge on any atom is 0.319 e. The molecule has 2 amide bonds. The number of carbonyl (C=O) groups excluding carboxylic acids is 1. The summed E-state index contributed by atoms with van der Waals surface area (Å²) in [6.45, 7) is 3.47. The fourth-order valence-electron chi connectivity index (χ4n) is 1.71. The molecule has 4 nitrogen and oxygen atoms in total. The standard InChI is InChI=1S/C10H21N3O/c1-12-8-9-13(10(12)14)7-5-3-2-4-6-11/h2-9,11H2,1H3. The number of amides is 2. The largest absolute Gasteiger partial charge is 0.330 e. The Bertz CT molecular complexity index is 184. The Morgan fingerprint density at radius 3 is 2.50 bits per heavy atom. The summed E-state index contributed by atoms with van der Waals surface area (Å²) >= 11 is 0. The van der Waals surface area contributed by atoms with Crippen molar-refractivity contribution in [3.8, 4) is 0 Å². The van der Waals surface area contributed by atoms with Crippen LogP contribution in [0.4, 0.5) is 4.79 Å². The van der Waals surface area contributed by atoms with Gasteiger partial charge in [-0.2, -0.15) is 0 Å². The molecule has 4 heteroatoms. The first-order valence-corrected chi connectivity index (χ1v) is 5.46. The molecule has 82 valence electrons. The van der Waals surface area contributed by atoms with Crippen LogP contribution < -0.4 is 5.73 Å². The van der Waals surface area contributed by atoms with Gasteiger partial charge in [-0.25, -0.2) is 4.79 Å². The van der Waals surface area contributed by atoms with Crippen LogP contribution in [0.2, 0.25) is 0 Å². The second-order valence-corrected chi connectivity index (χ2v) is 3.89. The highest BCUT2D eigenvalue weighted by molar-refractivity contribution is 5.76. The van der Waals surface area contributed by atoms with Crippen molar-refractivity contribution in [1.29, 1.82) is 0 Å². The maximum atomic E-state index is 11.5. The maximum absolute atomic E-state index is 11.5. The first kappa shape index (κ1) is 11.3. The number of nitrogens with two attached hydrogens (primary N) is 1. The fraction of sp³-hybridized carbons (Fsp3) is 0.900. The van der Waals surface area contributed by atoms with E-state index in [2.05, 4.69) is 0 Å². The molecule has 2 N–H and O–H groups in total. The van der Waals surface area contributed by atoms with Crippen LogP contribution in [0.1, 0.15) is 25.7 Å². The van der Waals surface area contributed by atoms with E-state index in [0.717, 1.165) is 39.0 Å². The molecule has 1 heterocycles. The van der Waals surface area contributed by atoms with Crippen LogP contribution in [-0.2, 0) is 0 Å². The van der Waals surface area contributed by atoms with E-state index in [1.165, 1.54) is 12.8 Å². The van der Waals surface area contributed by atoms with Gasteiger partial charge in [-0.1, -0.05) is 12.8 Å². The number of rotatable bonds is 6. The SMILES string of the molecule is CN1CCN(CCCCCCN)C1=O. The van der Waals surface area contributed by atoms with Crippen molar-refractivity contribution in [1.82, 2.24) is 9.80 Å². The van der Waals surface area contributed by atoms with Crippen LogP contribution in [0.15, 0.2) is 0 Å². The molecule has 0 bridgehead atoms. The summed E-state index contributed by atoms with van der Waals surface area (Å²) < 4.78 is 0. The highest BCUT2D eigenvalue weighted by Crippen LogP contribution is 2.08. The molecule has 0 spiro atoms. The number of urea groups is 1. The number of hydrogen-bond donors (Lipinski definition) is 1. The molecule has 0 atom stereocenters. The Morgan fingerprint density at radius 1 is 1.21 bits per heavy atom.